The average Bonchev–Trinajstić information content (AvgIpc) is 2.96. The lowest BCUT2D eigenvalue weighted by molar-refractivity contribution is -0.149. The Labute approximate surface area is 161 Å². The first-order chi connectivity index (χ1) is 13.7. The van der Waals surface area contributed by atoms with Crippen molar-refractivity contribution in [2.45, 2.75) is 6.42 Å². The molecule has 1 amide bonds. The molecule has 0 saturated carbocycles. The van der Waals surface area contributed by atoms with Crippen LogP contribution >= 0.6 is 0 Å². The molecule has 3 rings (SSSR count). The number of esters is 1. The van der Waals surface area contributed by atoms with Gasteiger partial charge in [-0.1, -0.05) is 12.1 Å². The smallest absolute Gasteiger partial charge is 0.344 e. The summed E-state index contributed by atoms with van der Waals surface area (Å²) in [5.41, 5.74) is 0.823. The Kier molecular flexibility index (Phi) is 6.46. The van der Waals surface area contributed by atoms with E-state index in [0.29, 0.717) is 42.2 Å². The highest BCUT2D eigenvalue weighted by Gasteiger charge is 2.13. The van der Waals surface area contributed by atoms with Crippen molar-refractivity contribution in [1.82, 2.24) is 0 Å². The zero-order valence-electron chi connectivity index (χ0n) is 15.0. The van der Waals surface area contributed by atoms with Crippen LogP contribution in [0.5, 0.6) is 17.2 Å². The molecule has 28 heavy (non-hydrogen) atoms. The Bertz CT molecular complexity index is 865. The van der Waals surface area contributed by atoms with Crippen LogP contribution in [0.1, 0.15) is 16.8 Å². The number of amides is 1. The minimum atomic E-state index is -0.727. The van der Waals surface area contributed by atoms with E-state index in [1.165, 1.54) is 0 Å². The number of carbonyl (C=O) groups excluding carboxylic acids is 3. The van der Waals surface area contributed by atoms with E-state index in [0.717, 1.165) is 6.42 Å². The molecule has 0 unspecified atom stereocenters. The maximum absolute atomic E-state index is 12.0. The lowest BCUT2D eigenvalue weighted by Gasteiger charge is -2.11. The summed E-state index contributed by atoms with van der Waals surface area (Å²) in [5, 5.41) is 2.62. The van der Waals surface area contributed by atoms with Gasteiger partial charge in [0, 0.05) is 18.2 Å². The van der Waals surface area contributed by atoms with E-state index in [9.17, 15) is 14.4 Å². The normalized spacial score (nSPS) is 12.4. The molecule has 8 nitrogen and oxygen atoms in total. The van der Waals surface area contributed by atoms with Crippen LogP contribution < -0.4 is 19.5 Å². The fourth-order valence-corrected chi connectivity index (χ4v) is 2.47. The van der Waals surface area contributed by atoms with Gasteiger partial charge in [-0.05, 0) is 24.3 Å². The van der Waals surface area contributed by atoms with Crippen molar-refractivity contribution in [3.05, 3.63) is 48.0 Å². The molecule has 1 aliphatic heterocycles. The molecule has 0 fully saturated rings. The second-order valence-corrected chi connectivity index (χ2v) is 5.87. The Morgan fingerprint density at radius 1 is 1.04 bits per heavy atom. The largest absolute Gasteiger partial charge is 0.490 e. The van der Waals surface area contributed by atoms with Crippen LogP contribution in [-0.2, 0) is 14.3 Å². The first kappa shape index (κ1) is 19.2. The number of fused-ring (bicyclic) bond motifs is 1. The van der Waals surface area contributed by atoms with Gasteiger partial charge < -0.3 is 24.3 Å². The number of rotatable bonds is 7. The minimum absolute atomic E-state index is 0.270. The number of nitrogens with one attached hydrogen (secondary N) is 1. The van der Waals surface area contributed by atoms with Gasteiger partial charge in [0.2, 0.25) is 0 Å². The van der Waals surface area contributed by atoms with E-state index in [1.807, 2.05) is 0 Å². The fraction of sp³-hybridized carbons (Fsp3) is 0.250. The molecule has 0 aliphatic carbocycles. The first-order valence-corrected chi connectivity index (χ1v) is 8.68. The van der Waals surface area contributed by atoms with Gasteiger partial charge >= 0.3 is 5.97 Å². The van der Waals surface area contributed by atoms with E-state index in [-0.39, 0.29) is 5.75 Å². The van der Waals surface area contributed by atoms with E-state index < -0.39 is 25.1 Å². The number of aldehydes is 1. The van der Waals surface area contributed by atoms with Crippen molar-refractivity contribution >= 4 is 23.9 Å². The van der Waals surface area contributed by atoms with Crippen molar-refractivity contribution in [2.75, 3.05) is 31.7 Å². The maximum Gasteiger partial charge on any atom is 0.344 e. The topological polar surface area (TPSA) is 100 Å². The van der Waals surface area contributed by atoms with Crippen LogP contribution in [-0.4, -0.2) is 44.6 Å². The molecule has 0 aromatic heterocycles. The van der Waals surface area contributed by atoms with Crippen molar-refractivity contribution < 1.29 is 33.3 Å². The van der Waals surface area contributed by atoms with Crippen LogP contribution in [0, 0.1) is 0 Å². The molecule has 0 bridgehead atoms. The molecule has 8 heteroatoms. The number of hydrogen-bond acceptors (Lipinski definition) is 7. The summed E-state index contributed by atoms with van der Waals surface area (Å²) < 4.78 is 21.2. The Balaban J connectivity index is 1.45. The van der Waals surface area contributed by atoms with Crippen molar-refractivity contribution in [1.29, 1.82) is 0 Å². The SMILES string of the molecule is O=Cc1ccccc1OCC(=O)OCC(=O)Nc1ccc2c(c1)OCCCO2. The Morgan fingerprint density at radius 3 is 2.64 bits per heavy atom. The van der Waals surface area contributed by atoms with Crippen LogP contribution in [0.25, 0.3) is 0 Å². The van der Waals surface area contributed by atoms with E-state index >= 15 is 0 Å². The molecule has 1 aliphatic rings. The van der Waals surface area contributed by atoms with E-state index in [4.69, 9.17) is 18.9 Å². The molecule has 0 atom stereocenters. The standard InChI is InChI=1S/C20H19NO7/c22-11-14-4-1-2-5-16(14)27-13-20(24)28-12-19(23)21-15-6-7-17-18(10-15)26-9-3-8-25-17/h1-2,4-7,10-11H,3,8-9,12-13H2,(H,21,23). The third kappa shape index (κ3) is 5.23. The summed E-state index contributed by atoms with van der Waals surface area (Å²) in [6.45, 7) is 0.234. The molecule has 2 aromatic carbocycles. The zero-order chi connectivity index (χ0) is 19.8. The molecular formula is C20H19NO7. The van der Waals surface area contributed by atoms with Crippen LogP contribution in [0.3, 0.4) is 0 Å². The highest BCUT2D eigenvalue weighted by molar-refractivity contribution is 5.93. The van der Waals surface area contributed by atoms with Gasteiger partial charge in [-0.2, -0.15) is 0 Å². The summed E-state index contributed by atoms with van der Waals surface area (Å²) in [6.07, 6.45) is 1.41. The van der Waals surface area contributed by atoms with E-state index in [1.54, 1.807) is 42.5 Å². The number of carbonyl (C=O) groups is 3. The molecule has 2 aromatic rings. The number of hydrogen-bond donors (Lipinski definition) is 1. The minimum Gasteiger partial charge on any atom is -0.490 e. The third-order valence-corrected chi connectivity index (χ3v) is 3.79. The number of benzene rings is 2. The highest BCUT2D eigenvalue weighted by atomic mass is 16.6. The average molecular weight is 385 g/mol. The highest BCUT2D eigenvalue weighted by Crippen LogP contribution is 2.32. The van der Waals surface area contributed by atoms with Crippen molar-refractivity contribution in [2.24, 2.45) is 0 Å². The summed E-state index contributed by atoms with van der Waals surface area (Å²) in [5.74, 6) is 0.209. The summed E-state index contributed by atoms with van der Waals surface area (Å²) >= 11 is 0. The van der Waals surface area contributed by atoms with Crippen LogP contribution in [0.4, 0.5) is 5.69 Å². The second kappa shape index (κ2) is 9.40. The second-order valence-electron chi connectivity index (χ2n) is 5.87. The molecule has 1 N–H and O–H groups in total. The molecule has 0 radical (unpaired) electrons. The number of anilines is 1. The van der Waals surface area contributed by atoms with Gasteiger partial charge in [-0.15, -0.1) is 0 Å². The number of para-hydroxylation sites is 1. The molecular weight excluding hydrogens is 366 g/mol. The quantitative estimate of drug-likeness (QED) is 0.576. The summed E-state index contributed by atoms with van der Waals surface area (Å²) in [4.78, 5) is 34.6. The molecule has 1 heterocycles. The van der Waals surface area contributed by atoms with Crippen LogP contribution in [0.2, 0.25) is 0 Å². The predicted molar refractivity (Wildman–Crippen MR) is 99.0 cm³/mol. The van der Waals surface area contributed by atoms with Gasteiger partial charge in [-0.3, -0.25) is 9.59 Å². The molecule has 146 valence electrons. The molecule has 0 saturated heterocycles. The van der Waals surface area contributed by atoms with Crippen molar-refractivity contribution in [3.8, 4) is 17.2 Å². The van der Waals surface area contributed by atoms with Gasteiger partial charge in [0.05, 0.1) is 18.8 Å². The predicted octanol–water partition coefficient (Wildman–Crippen LogP) is 2.22. The first-order valence-electron chi connectivity index (χ1n) is 8.68. The van der Waals surface area contributed by atoms with Gasteiger partial charge in [0.25, 0.3) is 5.91 Å². The molecule has 0 spiro atoms. The Morgan fingerprint density at radius 2 is 1.82 bits per heavy atom. The van der Waals surface area contributed by atoms with Gasteiger partial charge in [0.1, 0.15) is 5.75 Å². The lowest BCUT2D eigenvalue weighted by Crippen LogP contribution is -2.23. The summed E-state index contributed by atoms with van der Waals surface area (Å²) in [6, 6.07) is 11.5. The lowest BCUT2D eigenvalue weighted by atomic mass is 10.2. The Hall–Kier alpha value is -3.55. The summed E-state index contributed by atoms with van der Waals surface area (Å²) in [7, 11) is 0. The maximum atomic E-state index is 12.0. The monoisotopic (exact) mass is 385 g/mol. The number of ether oxygens (including phenoxy) is 4. The fourth-order valence-electron chi connectivity index (χ4n) is 2.47. The van der Waals surface area contributed by atoms with Crippen molar-refractivity contribution in [3.63, 3.8) is 0 Å². The van der Waals surface area contributed by atoms with E-state index in [2.05, 4.69) is 5.32 Å². The van der Waals surface area contributed by atoms with Crippen LogP contribution in [0.15, 0.2) is 42.5 Å². The zero-order valence-corrected chi connectivity index (χ0v) is 15.0. The third-order valence-electron chi connectivity index (χ3n) is 3.79. The van der Waals surface area contributed by atoms with Gasteiger partial charge in [0.15, 0.2) is 31.0 Å². The van der Waals surface area contributed by atoms with Gasteiger partial charge in [-0.25, -0.2) is 4.79 Å².